The van der Waals surface area contributed by atoms with Gasteiger partial charge in [-0.2, -0.15) is 0 Å². The van der Waals surface area contributed by atoms with Gasteiger partial charge in [0.15, 0.2) is 0 Å². The van der Waals surface area contributed by atoms with Gasteiger partial charge in [0.25, 0.3) is 5.22 Å². The lowest BCUT2D eigenvalue weighted by atomic mass is 10.6. The third kappa shape index (κ3) is 1.20. The summed E-state index contributed by atoms with van der Waals surface area (Å²) in [6.45, 7) is 1.87. The molecule has 0 N–H and O–H groups in total. The van der Waals surface area contributed by atoms with Gasteiger partial charge in [0.1, 0.15) is 6.26 Å². The Morgan fingerprint density at radius 2 is 2.62 bits per heavy atom. The zero-order valence-electron chi connectivity index (χ0n) is 4.29. The van der Waals surface area contributed by atoms with Crippen LogP contribution in [0.1, 0.15) is 5.69 Å². The highest BCUT2D eigenvalue weighted by Crippen LogP contribution is 2.19. The maximum Gasteiger partial charge on any atom is 0.266 e. The van der Waals surface area contributed by atoms with Gasteiger partial charge in [-0.25, -0.2) is 4.98 Å². The van der Waals surface area contributed by atoms with Crippen LogP contribution in [0.4, 0.5) is 0 Å². The molecule has 4 heteroatoms. The second-order valence-electron chi connectivity index (χ2n) is 1.35. The topological polar surface area (TPSA) is 26.0 Å². The van der Waals surface area contributed by atoms with Crippen molar-refractivity contribution in [2.45, 2.75) is 12.1 Å². The van der Waals surface area contributed by atoms with E-state index < -0.39 is 0 Å². The second kappa shape index (κ2) is 2.46. The summed E-state index contributed by atoms with van der Waals surface area (Å²) in [7, 11) is 1.21. The third-order valence-electron chi connectivity index (χ3n) is 0.676. The molecular weight excluding hydrogens is 142 g/mol. The molecule has 0 aromatic carbocycles. The maximum atomic E-state index is 4.89. The van der Waals surface area contributed by atoms with Crippen molar-refractivity contribution < 1.29 is 4.42 Å². The van der Waals surface area contributed by atoms with E-state index in [1.165, 1.54) is 10.8 Å². The highest BCUT2D eigenvalue weighted by molar-refractivity contribution is 8.68. The molecule has 0 fully saturated rings. The summed E-state index contributed by atoms with van der Waals surface area (Å²) in [5.41, 5.74) is 0.890. The van der Waals surface area contributed by atoms with E-state index in [-0.39, 0.29) is 0 Å². The van der Waals surface area contributed by atoms with Crippen LogP contribution in [0.25, 0.3) is 0 Å². The molecule has 8 heavy (non-hydrogen) atoms. The zero-order valence-corrected chi connectivity index (χ0v) is 6.00. The summed E-state index contributed by atoms with van der Waals surface area (Å²) in [5, 5.41) is 0.603. The van der Waals surface area contributed by atoms with Gasteiger partial charge in [-0.1, -0.05) is 0 Å². The highest BCUT2D eigenvalue weighted by atomic mass is 33.1. The smallest absolute Gasteiger partial charge is 0.266 e. The molecule has 0 radical (unpaired) electrons. The predicted octanol–water partition coefficient (Wildman–Crippen LogP) is 1.92. The average Bonchev–Trinajstić information content (AvgIpc) is 2.14. The summed E-state index contributed by atoms with van der Waals surface area (Å²) in [5.74, 6) is 0. The minimum absolute atomic E-state index is 0.603. The Kier molecular flexibility index (Phi) is 1.85. The number of oxazole rings is 1. The largest absolute Gasteiger partial charge is 0.439 e. The minimum atomic E-state index is 0.603. The molecule has 1 aromatic heterocycles. The van der Waals surface area contributed by atoms with Crippen LogP contribution in [0.2, 0.25) is 0 Å². The molecule has 1 heterocycles. The number of thiol groups is 1. The van der Waals surface area contributed by atoms with Crippen LogP contribution >= 0.6 is 22.5 Å². The lowest BCUT2D eigenvalue weighted by molar-refractivity contribution is 0.455. The van der Waals surface area contributed by atoms with Gasteiger partial charge in [-0.15, -0.1) is 11.7 Å². The number of aryl methyl sites for hydroxylation is 1. The SMILES string of the molecule is Cc1coc(SS)n1. The van der Waals surface area contributed by atoms with E-state index in [0.717, 1.165) is 5.69 Å². The zero-order chi connectivity index (χ0) is 5.98. The van der Waals surface area contributed by atoms with E-state index in [1.54, 1.807) is 6.26 Å². The van der Waals surface area contributed by atoms with Crippen LogP contribution in [0.5, 0.6) is 0 Å². The summed E-state index contributed by atoms with van der Waals surface area (Å²) < 4.78 is 4.89. The first-order valence-corrected chi connectivity index (χ1v) is 3.93. The number of nitrogens with zero attached hydrogens (tertiary/aromatic N) is 1. The van der Waals surface area contributed by atoms with E-state index in [0.29, 0.717) is 5.22 Å². The van der Waals surface area contributed by atoms with E-state index in [4.69, 9.17) is 4.42 Å². The maximum absolute atomic E-state index is 4.89. The minimum Gasteiger partial charge on any atom is -0.439 e. The first-order chi connectivity index (χ1) is 3.83. The molecule has 0 saturated heterocycles. The standard InChI is InChI=1S/C4H5NOS2/c1-3-2-6-4(5-3)8-7/h2,7H,1H3. The summed E-state index contributed by atoms with van der Waals surface area (Å²) in [4.78, 5) is 3.95. The number of rotatable bonds is 1. The van der Waals surface area contributed by atoms with Crippen molar-refractivity contribution in [1.82, 2.24) is 4.98 Å². The molecule has 2 nitrogen and oxygen atoms in total. The van der Waals surface area contributed by atoms with E-state index in [9.17, 15) is 0 Å². The fourth-order valence-electron chi connectivity index (χ4n) is 0.374. The molecule has 0 unspecified atom stereocenters. The molecule has 44 valence electrons. The third-order valence-corrected chi connectivity index (χ3v) is 1.49. The van der Waals surface area contributed by atoms with Crippen LogP contribution in [-0.4, -0.2) is 4.98 Å². The highest BCUT2D eigenvalue weighted by Gasteiger charge is 1.94. The Labute approximate surface area is 56.5 Å². The van der Waals surface area contributed by atoms with Gasteiger partial charge in [0.2, 0.25) is 0 Å². The van der Waals surface area contributed by atoms with Gasteiger partial charge in [0, 0.05) is 0 Å². The van der Waals surface area contributed by atoms with Gasteiger partial charge < -0.3 is 4.42 Å². The van der Waals surface area contributed by atoms with E-state index in [2.05, 4.69) is 16.6 Å². The second-order valence-corrected chi connectivity index (χ2v) is 2.43. The van der Waals surface area contributed by atoms with E-state index in [1.807, 2.05) is 6.92 Å². The Bertz CT molecular complexity index is 174. The van der Waals surface area contributed by atoms with Crippen molar-refractivity contribution in [2.24, 2.45) is 0 Å². The van der Waals surface area contributed by atoms with Crippen molar-refractivity contribution in [3.8, 4) is 0 Å². The monoisotopic (exact) mass is 147 g/mol. The van der Waals surface area contributed by atoms with Crippen LogP contribution in [-0.2, 0) is 0 Å². The summed E-state index contributed by atoms with van der Waals surface area (Å²) >= 11 is 3.88. The lowest BCUT2D eigenvalue weighted by Crippen LogP contribution is -1.65. The fraction of sp³-hybridized carbons (Fsp3) is 0.250. The van der Waals surface area contributed by atoms with Crippen molar-refractivity contribution in [3.05, 3.63) is 12.0 Å². The van der Waals surface area contributed by atoms with Gasteiger partial charge >= 0.3 is 0 Å². The van der Waals surface area contributed by atoms with Gasteiger partial charge in [0.05, 0.1) is 5.69 Å². The number of aromatic nitrogens is 1. The normalized spacial score (nSPS) is 9.75. The van der Waals surface area contributed by atoms with Gasteiger partial charge in [-0.3, -0.25) is 0 Å². The molecule has 0 aliphatic heterocycles. The first kappa shape index (κ1) is 6.04. The quantitative estimate of drug-likeness (QED) is 0.485. The van der Waals surface area contributed by atoms with Crippen molar-refractivity contribution in [2.75, 3.05) is 0 Å². The number of hydrogen-bond acceptors (Lipinski definition) is 4. The Morgan fingerprint density at radius 1 is 1.88 bits per heavy atom. The first-order valence-electron chi connectivity index (χ1n) is 2.06. The van der Waals surface area contributed by atoms with Crippen LogP contribution < -0.4 is 0 Å². The molecular formula is C4H5NOS2. The Morgan fingerprint density at radius 3 is 2.88 bits per heavy atom. The summed E-state index contributed by atoms with van der Waals surface area (Å²) in [6.07, 6.45) is 1.60. The predicted molar refractivity (Wildman–Crippen MR) is 36.1 cm³/mol. The molecule has 0 aliphatic rings. The van der Waals surface area contributed by atoms with Crippen LogP contribution in [0.3, 0.4) is 0 Å². The number of hydrogen-bond donors (Lipinski definition) is 1. The Balaban J connectivity index is 2.84. The lowest BCUT2D eigenvalue weighted by Gasteiger charge is -1.76. The fourth-order valence-corrected chi connectivity index (χ4v) is 0.902. The molecule has 0 atom stereocenters. The molecule has 0 aliphatic carbocycles. The summed E-state index contributed by atoms with van der Waals surface area (Å²) in [6, 6.07) is 0. The molecule has 0 bridgehead atoms. The molecule has 1 rings (SSSR count). The Hall–Kier alpha value is -0.0900. The van der Waals surface area contributed by atoms with Crippen molar-refractivity contribution >= 4 is 22.5 Å². The molecule has 0 saturated carbocycles. The molecule has 1 aromatic rings. The molecule has 0 spiro atoms. The van der Waals surface area contributed by atoms with Gasteiger partial charge in [-0.05, 0) is 17.7 Å². The average molecular weight is 147 g/mol. The van der Waals surface area contributed by atoms with Crippen LogP contribution in [0, 0.1) is 6.92 Å². The van der Waals surface area contributed by atoms with Crippen LogP contribution in [0.15, 0.2) is 15.9 Å². The van der Waals surface area contributed by atoms with Crippen molar-refractivity contribution in [3.63, 3.8) is 0 Å². The van der Waals surface area contributed by atoms with E-state index >= 15 is 0 Å². The molecule has 0 amide bonds. The van der Waals surface area contributed by atoms with Crippen molar-refractivity contribution in [1.29, 1.82) is 0 Å².